The molecule has 0 radical (unpaired) electrons. The molecule has 0 spiro atoms. The SMILES string of the molecule is O=C(NCSCSC/N=C\OOCCSCCO)OCCSCSCCOO/C=N/CSCSCNC(=O)OCCSCCO. The molecular formula is C23H44N4O10S8. The van der Waals surface area contributed by atoms with E-state index in [0.29, 0.717) is 72.9 Å². The second-order valence-electron chi connectivity index (χ2n) is 7.24. The zero-order valence-corrected chi connectivity index (χ0v) is 31.4. The maximum Gasteiger partial charge on any atom is 0.407 e. The van der Waals surface area contributed by atoms with Crippen molar-refractivity contribution in [3.8, 4) is 0 Å². The van der Waals surface area contributed by atoms with Crippen molar-refractivity contribution in [1.82, 2.24) is 10.6 Å². The van der Waals surface area contributed by atoms with Gasteiger partial charge in [-0.1, -0.05) is 0 Å². The number of hydrogen-bond donors (Lipinski definition) is 4. The van der Waals surface area contributed by atoms with Crippen LogP contribution in [0.5, 0.6) is 0 Å². The van der Waals surface area contributed by atoms with Gasteiger partial charge in [0.2, 0.25) is 12.8 Å². The Morgan fingerprint density at radius 3 is 1.47 bits per heavy atom. The van der Waals surface area contributed by atoms with Crippen LogP contribution in [0.3, 0.4) is 0 Å². The van der Waals surface area contributed by atoms with Crippen molar-refractivity contribution in [3.05, 3.63) is 0 Å². The molecule has 0 saturated carbocycles. The molecule has 0 aliphatic heterocycles. The summed E-state index contributed by atoms with van der Waals surface area (Å²) in [5.74, 6) is 6.17. The Morgan fingerprint density at radius 2 is 0.978 bits per heavy atom. The van der Waals surface area contributed by atoms with Gasteiger partial charge in [-0.05, 0) is 0 Å². The van der Waals surface area contributed by atoms with Gasteiger partial charge in [-0.3, -0.25) is 0 Å². The van der Waals surface area contributed by atoms with Crippen LogP contribution in [-0.4, -0.2) is 148 Å². The van der Waals surface area contributed by atoms with Crippen molar-refractivity contribution in [1.29, 1.82) is 0 Å². The van der Waals surface area contributed by atoms with Crippen LogP contribution < -0.4 is 10.6 Å². The number of carbonyl (C=O) groups is 2. The van der Waals surface area contributed by atoms with Gasteiger partial charge < -0.3 is 40.1 Å². The number of thioether (sulfide) groups is 8. The van der Waals surface area contributed by atoms with Gasteiger partial charge >= 0.3 is 12.2 Å². The van der Waals surface area contributed by atoms with E-state index < -0.39 is 12.2 Å². The molecule has 2 amide bonds. The first-order valence-corrected chi connectivity index (χ1v) is 22.6. The Labute approximate surface area is 299 Å². The first kappa shape index (κ1) is 45.1. The summed E-state index contributed by atoms with van der Waals surface area (Å²) < 4.78 is 10.2. The molecule has 14 nitrogen and oxygen atoms in total. The van der Waals surface area contributed by atoms with Gasteiger partial charge in [0.25, 0.3) is 0 Å². The second kappa shape index (κ2) is 40.3. The number of nitrogens with zero attached hydrogens (tertiary/aromatic N) is 2. The summed E-state index contributed by atoms with van der Waals surface area (Å²) in [6.07, 6.45) is 1.67. The van der Waals surface area contributed by atoms with Gasteiger partial charge in [0.1, 0.15) is 26.4 Å². The van der Waals surface area contributed by atoms with Crippen molar-refractivity contribution in [2.24, 2.45) is 9.98 Å². The van der Waals surface area contributed by atoms with Crippen molar-refractivity contribution in [2.45, 2.75) is 0 Å². The predicted octanol–water partition coefficient (Wildman–Crippen LogP) is 3.94. The number of nitrogens with one attached hydrogen (secondary N) is 2. The molecule has 22 heteroatoms. The average Bonchev–Trinajstić information content (AvgIpc) is 3.04. The number of amides is 2. The van der Waals surface area contributed by atoms with Gasteiger partial charge in [-0.25, -0.2) is 19.6 Å². The number of hydrogen-bond acceptors (Lipinski definition) is 20. The Bertz CT molecular complexity index is 727. The van der Waals surface area contributed by atoms with Crippen LogP contribution >= 0.6 is 94.1 Å². The number of alkyl carbamates (subject to hydrolysis) is 2. The van der Waals surface area contributed by atoms with Crippen LogP contribution in [-0.2, 0) is 29.0 Å². The van der Waals surface area contributed by atoms with Crippen molar-refractivity contribution in [3.63, 3.8) is 0 Å². The minimum absolute atomic E-state index is 0.125. The first-order valence-electron chi connectivity index (χ1n) is 13.4. The number of aliphatic hydroxyl groups is 2. The molecule has 0 aromatic rings. The second-order valence-corrected chi connectivity index (χ2v) is 16.9. The number of carbonyl (C=O) groups excluding carboxylic acids is 2. The van der Waals surface area contributed by atoms with Gasteiger partial charge in [0.05, 0.1) is 36.7 Å². The number of aliphatic imine (C=N–C) groups is 2. The van der Waals surface area contributed by atoms with Crippen LogP contribution in [0.15, 0.2) is 9.98 Å². The fourth-order valence-electron chi connectivity index (χ4n) is 2.06. The maximum atomic E-state index is 11.7. The molecule has 0 unspecified atom stereocenters. The minimum atomic E-state index is -0.441. The van der Waals surface area contributed by atoms with Crippen molar-refractivity contribution in [2.75, 3.05) is 113 Å². The minimum Gasteiger partial charge on any atom is -0.449 e. The lowest BCUT2D eigenvalue weighted by Gasteiger charge is -2.06. The summed E-state index contributed by atoms with van der Waals surface area (Å²) in [5, 5.41) is 25.0. The number of ether oxygens (including phenoxy) is 2. The van der Waals surface area contributed by atoms with E-state index in [-0.39, 0.29) is 13.2 Å². The molecule has 0 fully saturated rings. The Kier molecular flexibility index (Phi) is 40.4. The summed E-state index contributed by atoms with van der Waals surface area (Å²) in [7, 11) is 0. The molecule has 0 aromatic carbocycles. The largest absolute Gasteiger partial charge is 0.449 e. The molecule has 4 N–H and O–H groups in total. The molecule has 0 aliphatic carbocycles. The Morgan fingerprint density at radius 1 is 0.556 bits per heavy atom. The smallest absolute Gasteiger partial charge is 0.407 e. The number of aliphatic hydroxyl groups excluding tert-OH is 2. The van der Waals surface area contributed by atoms with E-state index in [1.54, 1.807) is 82.3 Å². The zero-order chi connectivity index (χ0) is 32.7. The molecule has 0 aliphatic rings. The van der Waals surface area contributed by atoms with E-state index in [2.05, 4.69) is 20.6 Å². The molecule has 0 rings (SSSR count). The van der Waals surface area contributed by atoms with E-state index in [0.717, 1.165) is 26.8 Å². The molecule has 0 aromatic heterocycles. The normalized spacial score (nSPS) is 11.2. The van der Waals surface area contributed by atoms with Crippen LogP contribution in [0.1, 0.15) is 0 Å². The highest BCUT2D eigenvalue weighted by molar-refractivity contribution is 8.16. The van der Waals surface area contributed by atoms with Crippen molar-refractivity contribution >= 4 is 119 Å². The molecule has 0 bridgehead atoms. The molecule has 45 heavy (non-hydrogen) atoms. The van der Waals surface area contributed by atoms with E-state index in [1.165, 1.54) is 24.6 Å². The highest BCUT2D eigenvalue weighted by Crippen LogP contribution is 2.13. The Balaban J connectivity index is 3.27. The zero-order valence-electron chi connectivity index (χ0n) is 24.9. The maximum absolute atomic E-state index is 11.7. The van der Waals surface area contributed by atoms with E-state index in [4.69, 9.17) is 39.2 Å². The molecule has 0 atom stereocenters. The molecular weight excluding hydrogens is 749 g/mol. The predicted molar refractivity (Wildman–Crippen MR) is 198 cm³/mol. The van der Waals surface area contributed by atoms with Gasteiger partial charge in [-0.15, -0.1) is 70.6 Å². The lowest BCUT2D eigenvalue weighted by molar-refractivity contribution is -0.210. The third kappa shape index (κ3) is 40.2. The van der Waals surface area contributed by atoms with Crippen LogP contribution in [0.25, 0.3) is 0 Å². The summed E-state index contributed by atoms with van der Waals surface area (Å²) >= 11 is 12.7. The Hall–Kier alpha value is 0.120. The third-order valence-corrected chi connectivity index (χ3v) is 12.0. The van der Waals surface area contributed by atoms with Crippen LogP contribution in [0.4, 0.5) is 9.59 Å². The van der Waals surface area contributed by atoms with E-state index in [1.807, 2.05) is 0 Å². The molecule has 0 saturated heterocycles. The molecule has 264 valence electrons. The first-order chi connectivity index (χ1) is 22.2. The standard InChI is InChI=1S/C23H44N4O10S8/c28-1-7-38-9-3-32-22(30)26-17-44-20-43-16-25-14-37-35-6-12-41-19-40-10-4-33-23(31)27-18-45-21-42-15-24-13-36-34-5-11-39-8-2-29/h13-14,28-29H,1-12,15-21H2,(H,26,30)(H,27,31)/b24-13-,25-14+. The summed E-state index contributed by atoms with van der Waals surface area (Å²) in [6.45, 7) is 1.81. The highest BCUT2D eigenvalue weighted by atomic mass is 32.2. The van der Waals surface area contributed by atoms with Crippen molar-refractivity contribution < 1.29 is 48.8 Å². The summed E-state index contributed by atoms with van der Waals surface area (Å²) in [5.41, 5.74) is 0. The fourth-order valence-corrected chi connectivity index (χ4v) is 7.90. The fraction of sp³-hybridized carbons (Fsp3) is 0.826. The lowest BCUT2D eigenvalue weighted by Crippen LogP contribution is -2.24. The monoisotopic (exact) mass is 792 g/mol. The van der Waals surface area contributed by atoms with Gasteiger partial charge in [0.15, 0.2) is 0 Å². The third-order valence-electron chi connectivity index (χ3n) is 3.85. The topological polar surface area (TPSA) is 179 Å². The average molecular weight is 793 g/mol. The summed E-state index contributed by atoms with van der Waals surface area (Å²) in [4.78, 5) is 50.9. The lowest BCUT2D eigenvalue weighted by atomic mass is 10.8. The number of rotatable bonds is 34. The van der Waals surface area contributed by atoms with E-state index in [9.17, 15) is 9.59 Å². The quantitative estimate of drug-likeness (QED) is 0.0184. The summed E-state index contributed by atoms with van der Waals surface area (Å²) in [6, 6.07) is 0. The van der Waals surface area contributed by atoms with E-state index >= 15 is 0 Å². The highest BCUT2D eigenvalue weighted by Gasteiger charge is 2.02. The van der Waals surface area contributed by atoms with Crippen LogP contribution in [0.2, 0.25) is 0 Å². The van der Waals surface area contributed by atoms with Crippen LogP contribution in [0, 0.1) is 0 Å². The van der Waals surface area contributed by atoms with Gasteiger partial charge in [-0.2, -0.15) is 33.3 Å². The van der Waals surface area contributed by atoms with Gasteiger partial charge in [0, 0.05) is 49.8 Å². The molecule has 0 heterocycles.